The number of aromatic nitrogens is 4. The highest BCUT2D eigenvalue weighted by Gasteiger charge is 2.23. The van der Waals surface area contributed by atoms with Crippen LogP contribution in [0.3, 0.4) is 0 Å². The Labute approximate surface area is 199 Å². The number of amides is 1. The highest BCUT2D eigenvalue weighted by molar-refractivity contribution is 7.90. The molecule has 1 aromatic carbocycles. The number of benzene rings is 1. The number of sulfone groups is 1. The molecule has 3 heterocycles. The van der Waals surface area contributed by atoms with E-state index in [1.165, 1.54) is 60.8 Å². The van der Waals surface area contributed by atoms with Gasteiger partial charge >= 0.3 is 5.97 Å². The van der Waals surface area contributed by atoms with E-state index in [2.05, 4.69) is 20.4 Å². The molecule has 0 saturated carbocycles. The van der Waals surface area contributed by atoms with E-state index in [9.17, 15) is 22.4 Å². The van der Waals surface area contributed by atoms with E-state index in [1.54, 1.807) is 12.1 Å². The van der Waals surface area contributed by atoms with Crippen molar-refractivity contribution < 1.29 is 27.1 Å². The van der Waals surface area contributed by atoms with Crippen LogP contribution in [-0.2, 0) is 19.4 Å². The Bertz CT molecular complexity index is 1520. The summed E-state index contributed by atoms with van der Waals surface area (Å²) in [6.45, 7) is 0. The Morgan fingerprint density at radius 2 is 1.89 bits per heavy atom. The van der Waals surface area contributed by atoms with Crippen LogP contribution in [0.15, 0.2) is 66.2 Å². The summed E-state index contributed by atoms with van der Waals surface area (Å²) >= 11 is 0. The van der Waals surface area contributed by atoms with E-state index >= 15 is 0 Å². The Kier molecular flexibility index (Phi) is 6.56. The molecule has 1 N–H and O–H groups in total. The predicted molar refractivity (Wildman–Crippen MR) is 123 cm³/mol. The van der Waals surface area contributed by atoms with Gasteiger partial charge in [0, 0.05) is 24.0 Å². The molecule has 0 spiro atoms. The number of fused-ring (bicyclic) bond motifs is 1. The van der Waals surface area contributed by atoms with Crippen molar-refractivity contribution in [3.8, 4) is 5.69 Å². The third-order valence-corrected chi connectivity index (χ3v) is 6.24. The average Bonchev–Trinajstić information content (AvgIpc) is 3.27. The van der Waals surface area contributed by atoms with Gasteiger partial charge in [-0.25, -0.2) is 22.5 Å². The lowest BCUT2D eigenvalue weighted by atomic mass is 10.0. The molecular weight excluding hydrogens is 477 g/mol. The van der Waals surface area contributed by atoms with Gasteiger partial charge in [0.1, 0.15) is 5.82 Å². The highest BCUT2D eigenvalue weighted by Crippen LogP contribution is 2.24. The fourth-order valence-electron chi connectivity index (χ4n) is 3.49. The summed E-state index contributed by atoms with van der Waals surface area (Å²) in [6.07, 6.45) is 6.43. The highest BCUT2D eigenvalue weighted by atomic mass is 32.2. The lowest BCUT2D eigenvalue weighted by molar-refractivity contribution is -0.141. The molecule has 0 aliphatic carbocycles. The second-order valence-electron chi connectivity index (χ2n) is 7.66. The molecule has 0 unspecified atom stereocenters. The Morgan fingerprint density at radius 3 is 2.57 bits per heavy atom. The summed E-state index contributed by atoms with van der Waals surface area (Å²) in [5.41, 5.74) is 1.64. The van der Waals surface area contributed by atoms with Gasteiger partial charge in [0.15, 0.2) is 14.9 Å². The van der Waals surface area contributed by atoms with E-state index < -0.39 is 33.6 Å². The van der Waals surface area contributed by atoms with Gasteiger partial charge in [-0.05, 0) is 42.0 Å². The number of carbonyl (C=O) groups is 2. The topological polar surface area (TPSA) is 133 Å². The zero-order chi connectivity index (χ0) is 25.2. The van der Waals surface area contributed by atoms with E-state index in [0.29, 0.717) is 22.2 Å². The number of nitrogens with one attached hydrogen (secondary N) is 1. The van der Waals surface area contributed by atoms with Crippen molar-refractivity contribution in [1.29, 1.82) is 0 Å². The molecule has 10 nitrogen and oxygen atoms in total. The number of methoxy groups -OCH3 is 1. The first-order valence-corrected chi connectivity index (χ1v) is 12.2. The molecule has 0 aliphatic heterocycles. The van der Waals surface area contributed by atoms with Crippen LogP contribution in [0, 0.1) is 5.82 Å². The summed E-state index contributed by atoms with van der Waals surface area (Å²) in [6, 6.07) is 7.59. The van der Waals surface area contributed by atoms with E-state index in [4.69, 9.17) is 4.74 Å². The molecule has 0 aliphatic rings. The first-order valence-electron chi connectivity index (χ1n) is 10.3. The smallest absolute Gasteiger partial charge is 0.307 e. The van der Waals surface area contributed by atoms with E-state index in [1.807, 2.05) is 0 Å². The molecule has 0 saturated heterocycles. The number of hydrogen-bond donors (Lipinski definition) is 1. The van der Waals surface area contributed by atoms with Crippen molar-refractivity contribution in [1.82, 2.24) is 25.1 Å². The zero-order valence-electron chi connectivity index (χ0n) is 18.7. The number of rotatable bonds is 7. The third kappa shape index (κ3) is 5.17. The standard InChI is InChI=1S/C23H20FN5O5S/c1-34-22(30)10-19(14-7-8-26-21(9-14)35(2,32)33)28-23(31)18-11-25-13-20-17(18)12-27-29(20)16-5-3-15(24)4-6-16/h3-9,11-13,19H,10H2,1-2H3,(H,28,31)/t19-/m0/s1. The molecule has 35 heavy (non-hydrogen) atoms. The lowest BCUT2D eigenvalue weighted by Crippen LogP contribution is -2.31. The number of pyridine rings is 2. The van der Waals surface area contributed by atoms with Crippen LogP contribution in [0.5, 0.6) is 0 Å². The maximum absolute atomic E-state index is 13.3. The van der Waals surface area contributed by atoms with Gasteiger partial charge in [-0.1, -0.05) is 0 Å². The number of halogens is 1. The molecular formula is C23H20FN5O5S. The van der Waals surface area contributed by atoms with Gasteiger partial charge in [0.25, 0.3) is 5.91 Å². The minimum absolute atomic E-state index is 0.183. The van der Waals surface area contributed by atoms with Crippen molar-refractivity contribution >= 4 is 32.6 Å². The Morgan fingerprint density at radius 1 is 1.14 bits per heavy atom. The van der Waals surface area contributed by atoms with Gasteiger partial charge in [0.05, 0.1) is 48.7 Å². The molecule has 180 valence electrons. The fraction of sp³-hybridized carbons (Fsp3) is 0.174. The van der Waals surface area contributed by atoms with Crippen LogP contribution in [0.1, 0.15) is 28.4 Å². The molecule has 3 aromatic heterocycles. The number of ether oxygens (including phenoxy) is 1. The Balaban J connectivity index is 1.70. The fourth-order valence-corrected chi connectivity index (χ4v) is 4.10. The van der Waals surface area contributed by atoms with Crippen LogP contribution < -0.4 is 5.32 Å². The molecule has 0 bridgehead atoms. The second-order valence-corrected chi connectivity index (χ2v) is 9.62. The monoisotopic (exact) mass is 497 g/mol. The van der Waals surface area contributed by atoms with E-state index in [-0.39, 0.29) is 17.0 Å². The number of nitrogens with zero attached hydrogens (tertiary/aromatic N) is 4. The number of hydrogen-bond acceptors (Lipinski definition) is 8. The maximum atomic E-state index is 13.3. The predicted octanol–water partition coefficient (Wildman–Crippen LogP) is 2.39. The largest absolute Gasteiger partial charge is 0.469 e. The maximum Gasteiger partial charge on any atom is 0.307 e. The first kappa shape index (κ1) is 24.0. The zero-order valence-corrected chi connectivity index (χ0v) is 19.5. The average molecular weight is 498 g/mol. The first-order chi connectivity index (χ1) is 16.7. The van der Waals surface area contributed by atoms with Crippen molar-refractivity contribution in [3.05, 3.63) is 78.1 Å². The summed E-state index contributed by atoms with van der Waals surface area (Å²) in [5, 5.41) is 7.34. The number of esters is 1. The van der Waals surface area contributed by atoms with Crippen LogP contribution >= 0.6 is 0 Å². The molecule has 4 aromatic rings. The third-order valence-electron chi connectivity index (χ3n) is 5.26. The van der Waals surface area contributed by atoms with Gasteiger partial charge < -0.3 is 10.1 Å². The van der Waals surface area contributed by atoms with Gasteiger partial charge in [-0.2, -0.15) is 5.10 Å². The SMILES string of the molecule is COC(=O)C[C@H](NC(=O)c1cncc2c1cnn2-c1ccc(F)cc1)c1ccnc(S(C)(=O)=O)c1. The summed E-state index contributed by atoms with van der Waals surface area (Å²) in [4.78, 5) is 33.3. The summed E-state index contributed by atoms with van der Waals surface area (Å²) < 4.78 is 43.4. The van der Waals surface area contributed by atoms with Crippen LogP contribution in [-0.4, -0.2) is 53.4 Å². The molecule has 0 fully saturated rings. The van der Waals surface area contributed by atoms with Crippen molar-refractivity contribution in [2.75, 3.05) is 13.4 Å². The summed E-state index contributed by atoms with van der Waals surface area (Å²) in [7, 11) is -2.40. The molecule has 1 atom stereocenters. The van der Waals surface area contributed by atoms with Crippen LogP contribution in [0.2, 0.25) is 0 Å². The van der Waals surface area contributed by atoms with Crippen LogP contribution in [0.25, 0.3) is 16.6 Å². The van der Waals surface area contributed by atoms with Crippen LogP contribution in [0.4, 0.5) is 4.39 Å². The normalized spacial score (nSPS) is 12.3. The quantitative estimate of drug-likeness (QED) is 0.385. The minimum Gasteiger partial charge on any atom is -0.469 e. The second kappa shape index (κ2) is 9.58. The molecule has 4 rings (SSSR count). The van der Waals surface area contributed by atoms with Gasteiger partial charge in [0.2, 0.25) is 0 Å². The van der Waals surface area contributed by atoms with Gasteiger partial charge in [-0.15, -0.1) is 0 Å². The lowest BCUT2D eigenvalue weighted by Gasteiger charge is -2.19. The van der Waals surface area contributed by atoms with Crippen molar-refractivity contribution in [2.45, 2.75) is 17.5 Å². The van der Waals surface area contributed by atoms with Crippen molar-refractivity contribution in [3.63, 3.8) is 0 Å². The summed E-state index contributed by atoms with van der Waals surface area (Å²) in [5.74, 6) is -1.56. The minimum atomic E-state index is -3.61. The van der Waals surface area contributed by atoms with E-state index in [0.717, 1.165) is 6.26 Å². The van der Waals surface area contributed by atoms with Crippen molar-refractivity contribution in [2.24, 2.45) is 0 Å². The molecule has 0 radical (unpaired) electrons. The molecule has 1 amide bonds. The number of carbonyl (C=O) groups excluding carboxylic acids is 2. The molecule has 12 heteroatoms. The Hall–Kier alpha value is -4.19. The van der Waals surface area contributed by atoms with Gasteiger partial charge in [-0.3, -0.25) is 14.6 Å².